The molecule has 1 aromatic rings. The van der Waals surface area contributed by atoms with Crippen LogP contribution in [0.15, 0.2) is 12.1 Å². The average Bonchev–Trinajstić information content (AvgIpc) is 2.63. The number of amides is 1. The molecular formula is C10H13NO4S. The van der Waals surface area contributed by atoms with Gasteiger partial charge in [-0.2, -0.15) is 0 Å². The fraction of sp³-hybridized carbons (Fsp3) is 0.400. The van der Waals surface area contributed by atoms with Crippen molar-refractivity contribution in [2.75, 3.05) is 19.8 Å². The van der Waals surface area contributed by atoms with Crippen LogP contribution < -0.4 is 5.32 Å². The Morgan fingerprint density at radius 2 is 2.25 bits per heavy atom. The molecule has 16 heavy (non-hydrogen) atoms. The summed E-state index contributed by atoms with van der Waals surface area (Å²) in [6.45, 7) is 2.09. The van der Waals surface area contributed by atoms with Gasteiger partial charge in [0.2, 0.25) is 0 Å². The molecule has 0 bridgehead atoms. The van der Waals surface area contributed by atoms with Crippen LogP contribution in [-0.4, -0.2) is 36.7 Å². The van der Waals surface area contributed by atoms with Crippen LogP contribution in [0.1, 0.15) is 14.5 Å². The molecule has 0 aliphatic heterocycles. The van der Waals surface area contributed by atoms with E-state index in [-0.39, 0.29) is 19.1 Å². The van der Waals surface area contributed by atoms with E-state index in [9.17, 15) is 9.59 Å². The van der Waals surface area contributed by atoms with Crippen molar-refractivity contribution in [2.24, 2.45) is 0 Å². The van der Waals surface area contributed by atoms with Crippen LogP contribution in [0, 0.1) is 6.92 Å². The molecule has 0 aromatic carbocycles. The highest BCUT2D eigenvalue weighted by atomic mass is 32.1. The number of carbonyl (C=O) groups excluding carboxylic acids is 1. The molecule has 0 spiro atoms. The molecule has 6 heteroatoms. The zero-order chi connectivity index (χ0) is 12.0. The molecule has 0 atom stereocenters. The Labute approximate surface area is 97.0 Å². The second kappa shape index (κ2) is 6.24. The van der Waals surface area contributed by atoms with Gasteiger partial charge < -0.3 is 15.2 Å². The van der Waals surface area contributed by atoms with Crippen molar-refractivity contribution in [3.05, 3.63) is 21.9 Å². The van der Waals surface area contributed by atoms with E-state index in [1.165, 1.54) is 11.3 Å². The summed E-state index contributed by atoms with van der Waals surface area (Å²) in [5.41, 5.74) is 0. The summed E-state index contributed by atoms with van der Waals surface area (Å²) in [7, 11) is 0. The van der Waals surface area contributed by atoms with Crippen LogP contribution in [0.3, 0.4) is 0 Å². The lowest BCUT2D eigenvalue weighted by Crippen LogP contribution is -2.27. The number of carboxylic acids is 1. The summed E-state index contributed by atoms with van der Waals surface area (Å²) in [5, 5.41) is 10.9. The number of carbonyl (C=O) groups is 2. The molecule has 5 nitrogen and oxygen atoms in total. The number of nitrogens with one attached hydrogen (secondary N) is 1. The van der Waals surface area contributed by atoms with Crippen LogP contribution in [0.2, 0.25) is 0 Å². The Kier molecular flexibility index (Phi) is 4.94. The topological polar surface area (TPSA) is 75.6 Å². The molecule has 2 N–H and O–H groups in total. The molecule has 0 aliphatic carbocycles. The summed E-state index contributed by atoms with van der Waals surface area (Å²) in [6.07, 6.45) is 0. The van der Waals surface area contributed by atoms with Crippen molar-refractivity contribution in [3.63, 3.8) is 0 Å². The van der Waals surface area contributed by atoms with Crippen molar-refractivity contribution in [1.82, 2.24) is 5.32 Å². The van der Waals surface area contributed by atoms with E-state index in [0.29, 0.717) is 11.4 Å². The Hall–Kier alpha value is -1.40. The molecule has 0 saturated carbocycles. The van der Waals surface area contributed by atoms with Crippen LogP contribution in [0.5, 0.6) is 0 Å². The Balaban J connectivity index is 2.18. The Morgan fingerprint density at radius 1 is 1.50 bits per heavy atom. The molecule has 0 saturated heterocycles. The summed E-state index contributed by atoms with van der Waals surface area (Å²) in [5.74, 6) is -1.17. The van der Waals surface area contributed by atoms with E-state index >= 15 is 0 Å². The van der Waals surface area contributed by atoms with Gasteiger partial charge in [-0.15, -0.1) is 11.3 Å². The first kappa shape index (κ1) is 12.7. The molecule has 1 rings (SSSR count). The van der Waals surface area contributed by atoms with E-state index in [1.54, 1.807) is 6.07 Å². The lowest BCUT2D eigenvalue weighted by atomic mass is 10.4. The van der Waals surface area contributed by atoms with E-state index < -0.39 is 5.97 Å². The third-order valence-corrected chi connectivity index (χ3v) is 2.72. The maximum absolute atomic E-state index is 11.5. The number of aryl methyl sites for hydroxylation is 1. The van der Waals surface area contributed by atoms with Crippen LogP contribution in [-0.2, 0) is 9.53 Å². The van der Waals surface area contributed by atoms with Gasteiger partial charge in [-0.05, 0) is 19.1 Å². The van der Waals surface area contributed by atoms with Crippen molar-refractivity contribution in [2.45, 2.75) is 6.92 Å². The maximum atomic E-state index is 11.5. The molecule has 0 radical (unpaired) electrons. The number of ether oxygens (including phenoxy) is 1. The highest BCUT2D eigenvalue weighted by molar-refractivity contribution is 7.13. The third kappa shape index (κ3) is 4.41. The van der Waals surface area contributed by atoms with E-state index in [2.05, 4.69) is 5.32 Å². The van der Waals surface area contributed by atoms with Crippen LogP contribution in [0.25, 0.3) is 0 Å². The fourth-order valence-electron chi connectivity index (χ4n) is 1.04. The molecule has 0 aliphatic rings. The van der Waals surface area contributed by atoms with Gasteiger partial charge in [-0.3, -0.25) is 4.79 Å². The van der Waals surface area contributed by atoms with Crippen molar-refractivity contribution in [1.29, 1.82) is 0 Å². The van der Waals surface area contributed by atoms with Crippen molar-refractivity contribution >= 4 is 23.2 Å². The van der Waals surface area contributed by atoms with Crippen LogP contribution in [0.4, 0.5) is 0 Å². The summed E-state index contributed by atoms with van der Waals surface area (Å²) in [4.78, 5) is 23.3. The minimum atomic E-state index is -1.01. The maximum Gasteiger partial charge on any atom is 0.329 e. The molecule has 0 fully saturated rings. The molecule has 88 valence electrons. The third-order valence-electron chi connectivity index (χ3n) is 1.72. The van der Waals surface area contributed by atoms with Crippen LogP contribution >= 0.6 is 11.3 Å². The van der Waals surface area contributed by atoms with E-state index in [4.69, 9.17) is 9.84 Å². The second-order valence-electron chi connectivity index (χ2n) is 3.11. The van der Waals surface area contributed by atoms with Gasteiger partial charge in [0.05, 0.1) is 11.5 Å². The van der Waals surface area contributed by atoms with Gasteiger partial charge in [0.1, 0.15) is 6.61 Å². The summed E-state index contributed by atoms with van der Waals surface area (Å²) in [6, 6.07) is 3.63. The predicted molar refractivity (Wildman–Crippen MR) is 59.8 cm³/mol. The molecule has 1 heterocycles. The highest BCUT2D eigenvalue weighted by Crippen LogP contribution is 2.14. The largest absolute Gasteiger partial charge is 0.480 e. The second-order valence-corrected chi connectivity index (χ2v) is 4.40. The molecular weight excluding hydrogens is 230 g/mol. The normalized spacial score (nSPS) is 10.1. The molecule has 0 unspecified atom stereocenters. The van der Waals surface area contributed by atoms with Gasteiger partial charge in [0, 0.05) is 11.4 Å². The number of rotatable bonds is 6. The number of carboxylic acid groups (broad SMARTS) is 1. The zero-order valence-corrected chi connectivity index (χ0v) is 9.67. The van der Waals surface area contributed by atoms with Gasteiger partial charge in [-0.1, -0.05) is 0 Å². The Bertz CT molecular complexity index is 375. The first-order chi connectivity index (χ1) is 7.59. The quantitative estimate of drug-likeness (QED) is 0.727. The fourth-order valence-corrected chi connectivity index (χ4v) is 1.82. The first-order valence-corrected chi connectivity index (χ1v) is 5.55. The first-order valence-electron chi connectivity index (χ1n) is 4.74. The highest BCUT2D eigenvalue weighted by Gasteiger charge is 2.06. The van der Waals surface area contributed by atoms with Crippen molar-refractivity contribution in [3.8, 4) is 0 Å². The van der Waals surface area contributed by atoms with Gasteiger partial charge in [0.15, 0.2) is 0 Å². The average molecular weight is 243 g/mol. The van der Waals surface area contributed by atoms with Gasteiger partial charge in [0.25, 0.3) is 5.91 Å². The number of hydrogen-bond donors (Lipinski definition) is 2. The van der Waals surface area contributed by atoms with E-state index in [1.807, 2.05) is 13.0 Å². The predicted octanol–water partition coefficient (Wildman–Crippen LogP) is 0.888. The minimum absolute atomic E-state index is 0.156. The standard InChI is InChI=1S/C10H13NO4S/c1-7-2-3-8(16-7)10(14)11-4-5-15-6-9(12)13/h2-3H,4-6H2,1H3,(H,11,14)(H,12,13). The number of aliphatic carboxylic acids is 1. The SMILES string of the molecule is Cc1ccc(C(=O)NCCOCC(=O)O)s1. The monoisotopic (exact) mass is 243 g/mol. The Morgan fingerprint density at radius 3 is 2.81 bits per heavy atom. The summed E-state index contributed by atoms with van der Waals surface area (Å²) < 4.78 is 4.78. The lowest BCUT2D eigenvalue weighted by Gasteiger charge is -2.03. The summed E-state index contributed by atoms with van der Waals surface area (Å²) >= 11 is 1.42. The van der Waals surface area contributed by atoms with Gasteiger partial charge >= 0.3 is 5.97 Å². The smallest absolute Gasteiger partial charge is 0.329 e. The van der Waals surface area contributed by atoms with E-state index in [0.717, 1.165) is 4.88 Å². The zero-order valence-electron chi connectivity index (χ0n) is 8.86. The molecule has 1 aromatic heterocycles. The number of thiophene rings is 1. The minimum Gasteiger partial charge on any atom is -0.480 e. The molecule has 1 amide bonds. The van der Waals surface area contributed by atoms with Gasteiger partial charge in [-0.25, -0.2) is 4.79 Å². The van der Waals surface area contributed by atoms with Crippen molar-refractivity contribution < 1.29 is 19.4 Å². The number of hydrogen-bond acceptors (Lipinski definition) is 4. The lowest BCUT2D eigenvalue weighted by molar-refractivity contribution is -0.142.